The lowest BCUT2D eigenvalue weighted by Crippen LogP contribution is -2.45. The molecule has 0 aromatic heterocycles. The molecule has 1 fully saturated rings. The van der Waals surface area contributed by atoms with Crippen molar-refractivity contribution < 1.29 is 4.79 Å². The predicted octanol–water partition coefficient (Wildman–Crippen LogP) is 0.202. The van der Waals surface area contributed by atoms with E-state index in [-0.39, 0.29) is 17.4 Å². The van der Waals surface area contributed by atoms with Crippen LogP contribution in [-0.2, 0) is 4.79 Å². The molecule has 1 amide bonds. The molecule has 3 nitrogen and oxygen atoms in total. The molecule has 1 saturated heterocycles. The zero-order valence-electron chi connectivity index (χ0n) is 7.42. The molecular weight excluding hydrogens is 140 g/mol. The molecule has 0 aromatic carbocycles. The highest BCUT2D eigenvalue weighted by Crippen LogP contribution is 2.34. The molecule has 0 bridgehead atoms. The third-order valence-corrected chi connectivity index (χ3v) is 2.56. The number of rotatable bonds is 1. The highest BCUT2D eigenvalue weighted by atomic mass is 16.1. The van der Waals surface area contributed by atoms with E-state index in [1.807, 2.05) is 11.9 Å². The van der Waals surface area contributed by atoms with Crippen LogP contribution in [0.2, 0.25) is 0 Å². The van der Waals surface area contributed by atoms with Crippen LogP contribution in [-0.4, -0.2) is 30.4 Å². The maximum Gasteiger partial charge on any atom is 0.235 e. The molecule has 11 heavy (non-hydrogen) atoms. The van der Waals surface area contributed by atoms with E-state index in [1.54, 1.807) is 0 Å². The highest BCUT2D eigenvalue weighted by molar-refractivity contribution is 5.81. The Morgan fingerprint density at radius 3 is 2.36 bits per heavy atom. The Morgan fingerprint density at radius 2 is 2.18 bits per heavy atom. The van der Waals surface area contributed by atoms with Gasteiger partial charge in [-0.2, -0.15) is 0 Å². The van der Waals surface area contributed by atoms with E-state index in [2.05, 4.69) is 13.8 Å². The average Bonchev–Trinajstić information content (AvgIpc) is 2.06. The molecule has 1 aliphatic heterocycles. The maximum absolute atomic E-state index is 11.0. The Kier molecular flexibility index (Phi) is 1.92. The van der Waals surface area contributed by atoms with Crippen LogP contribution in [0.15, 0.2) is 0 Å². The first-order chi connectivity index (χ1) is 4.95. The van der Waals surface area contributed by atoms with Gasteiger partial charge in [0.25, 0.3) is 0 Å². The van der Waals surface area contributed by atoms with E-state index >= 15 is 0 Å². The van der Waals surface area contributed by atoms with Crippen molar-refractivity contribution in [3.05, 3.63) is 0 Å². The number of carbonyl (C=O) groups is 1. The monoisotopic (exact) mass is 156 g/mol. The third-order valence-electron chi connectivity index (χ3n) is 2.56. The normalized spacial score (nSPS) is 30.6. The van der Waals surface area contributed by atoms with E-state index in [4.69, 9.17) is 5.73 Å². The standard InChI is InChI=1S/C8H16N2O/c1-8(2)4-5-10(3)6(8)7(9)11/h6H,4-5H2,1-3H3,(H2,9,11). The van der Waals surface area contributed by atoms with Crippen LogP contribution < -0.4 is 5.73 Å². The number of nitrogens with two attached hydrogens (primary N) is 1. The van der Waals surface area contributed by atoms with Gasteiger partial charge in [-0.3, -0.25) is 9.69 Å². The largest absolute Gasteiger partial charge is 0.368 e. The maximum atomic E-state index is 11.0. The van der Waals surface area contributed by atoms with Crippen molar-refractivity contribution in [2.24, 2.45) is 11.1 Å². The number of primary amides is 1. The average molecular weight is 156 g/mol. The van der Waals surface area contributed by atoms with Gasteiger partial charge in [0.1, 0.15) is 0 Å². The molecule has 64 valence electrons. The molecule has 1 aliphatic rings. The first kappa shape index (κ1) is 8.53. The summed E-state index contributed by atoms with van der Waals surface area (Å²) in [6.45, 7) is 5.15. The summed E-state index contributed by atoms with van der Waals surface area (Å²) in [5.74, 6) is -0.199. The zero-order chi connectivity index (χ0) is 8.65. The summed E-state index contributed by atoms with van der Waals surface area (Å²) >= 11 is 0. The van der Waals surface area contributed by atoms with E-state index < -0.39 is 0 Å². The molecule has 1 heterocycles. The molecule has 0 aliphatic carbocycles. The Balaban J connectivity index is 2.80. The van der Waals surface area contributed by atoms with Crippen molar-refractivity contribution in [3.8, 4) is 0 Å². The number of hydrogen-bond donors (Lipinski definition) is 1. The first-order valence-electron chi connectivity index (χ1n) is 3.95. The molecule has 0 saturated carbocycles. The summed E-state index contributed by atoms with van der Waals surface area (Å²) in [6.07, 6.45) is 1.05. The summed E-state index contributed by atoms with van der Waals surface area (Å²) in [5, 5.41) is 0. The Hall–Kier alpha value is -0.570. The first-order valence-corrected chi connectivity index (χ1v) is 3.95. The Morgan fingerprint density at radius 1 is 1.64 bits per heavy atom. The smallest absolute Gasteiger partial charge is 0.235 e. The van der Waals surface area contributed by atoms with Gasteiger partial charge < -0.3 is 5.73 Å². The number of amides is 1. The van der Waals surface area contributed by atoms with Crippen molar-refractivity contribution in [2.75, 3.05) is 13.6 Å². The predicted molar refractivity (Wildman–Crippen MR) is 44.0 cm³/mol. The van der Waals surface area contributed by atoms with Gasteiger partial charge in [0.15, 0.2) is 0 Å². The summed E-state index contributed by atoms with van der Waals surface area (Å²) in [7, 11) is 1.95. The summed E-state index contributed by atoms with van der Waals surface area (Å²) in [6, 6.07) is -0.0810. The number of hydrogen-bond acceptors (Lipinski definition) is 2. The Bertz CT molecular complexity index is 177. The minimum atomic E-state index is -0.199. The van der Waals surface area contributed by atoms with Crippen LogP contribution in [0.25, 0.3) is 0 Å². The van der Waals surface area contributed by atoms with Gasteiger partial charge in [-0.1, -0.05) is 13.8 Å². The fraction of sp³-hybridized carbons (Fsp3) is 0.875. The zero-order valence-corrected chi connectivity index (χ0v) is 7.42. The van der Waals surface area contributed by atoms with Crippen LogP contribution in [0.4, 0.5) is 0 Å². The minimum Gasteiger partial charge on any atom is -0.368 e. The van der Waals surface area contributed by atoms with E-state index in [9.17, 15) is 4.79 Å². The van der Waals surface area contributed by atoms with Crippen molar-refractivity contribution in [3.63, 3.8) is 0 Å². The highest BCUT2D eigenvalue weighted by Gasteiger charge is 2.41. The molecule has 1 unspecified atom stereocenters. The van der Waals surface area contributed by atoms with Crippen LogP contribution in [0.5, 0.6) is 0 Å². The van der Waals surface area contributed by atoms with Crippen LogP contribution in [0, 0.1) is 5.41 Å². The summed E-state index contributed by atoms with van der Waals surface area (Å²) < 4.78 is 0. The fourth-order valence-electron chi connectivity index (χ4n) is 1.93. The van der Waals surface area contributed by atoms with Crippen molar-refractivity contribution in [2.45, 2.75) is 26.3 Å². The lowest BCUT2D eigenvalue weighted by Gasteiger charge is -2.27. The molecule has 0 radical (unpaired) electrons. The second-order valence-electron chi connectivity index (χ2n) is 4.02. The van der Waals surface area contributed by atoms with Gasteiger partial charge >= 0.3 is 0 Å². The molecule has 0 aromatic rings. The van der Waals surface area contributed by atoms with Gasteiger partial charge in [0.2, 0.25) is 5.91 Å². The topological polar surface area (TPSA) is 46.3 Å². The Labute approximate surface area is 67.5 Å². The molecule has 0 spiro atoms. The fourth-order valence-corrected chi connectivity index (χ4v) is 1.93. The number of carbonyl (C=O) groups excluding carboxylic acids is 1. The number of likely N-dealkylation sites (tertiary alicyclic amines) is 1. The second-order valence-corrected chi connectivity index (χ2v) is 4.02. The molecular formula is C8H16N2O. The van der Waals surface area contributed by atoms with Gasteiger partial charge in [-0.15, -0.1) is 0 Å². The number of nitrogens with zero attached hydrogens (tertiary/aromatic N) is 1. The minimum absolute atomic E-state index is 0.0561. The van der Waals surface area contributed by atoms with Gasteiger partial charge in [-0.05, 0) is 25.4 Å². The molecule has 3 heteroatoms. The summed E-state index contributed by atoms with van der Waals surface area (Å²) in [4.78, 5) is 13.0. The van der Waals surface area contributed by atoms with Crippen LogP contribution >= 0.6 is 0 Å². The van der Waals surface area contributed by atoms with Crippen molar-refractivity contribution >= 4 is 5.91 Å². The van der Waals surface area contributed by atoms with Gasteiger partial charge in [-0.25, -0.2) is 0 Å². The van der Waals surface area contributed by atoms with Crippen LogP contribution in [0.1, 0.15) is 20.3 Å². The second kappa shape index (κ2) is 2.48. The third kappa shape index (κ3) is 1.38. The summed E-state index contributed by atoms with van der Waals surface area (Å²) in [5.41, 5.74) is 5.34. The van der Waals surface area contributed by atoms with Gasteiger partial charge in [0, 0.05) is 0 Å². The van der Waals surface area contributed by atoms with E-state index in [1.165, 1.54) is 0 Å². The van der Waals surface area contributed by atoms with E-state index in [0.717, 1.165) is 13.0 Å². The molecule has 2 N–H and O–H groups in total. The van der Waals surface area contributed by atoms with Crippen molar-refractivity contribution in [1.82, 2.24) is 4.90 Å². The van der Waals surface area contributed by atoms with Gasteiger partial charge in [0.05, 0.1) is 6.04 Å². The molecule has 1 atom stereocenters. The number of likely N-dealkylation sites (N-methyl/N-ethyl adjacent to an activating group) is 1. The SMILES string of the molecule is CN1CCC(C)(C)C1C(N)=O. The lowest BCUT2D eigenvalue weighted by molar-refractivity contribution is -0.124. The quantitative estimate of drug-likeness (QED) is 0.589. The van der Waals surface area contributed by atoms with E-state index in [0.29, 0.717) is 0 Å². The van der Waals surface area contributed by atoms with Crippen LogP contribution in [0.3, 0.4) is 0 Å². The lowest BCUT2D eigenvalue weighted by atomic mass is 9.84. The van der Waals surface area contributed by atoms with Crippen molar-refractivity contribution in [1.29, 1.82) is 0 Å². The molecule has 1 rings (SSSR count).